The smallest absolute Gasteiger partial charge is 0.118 e. The third-order valence-electron chi connectivity index (χ3n) is 8.07. The molecule has 1 unspecified atom stereocenters. The highest BCUT2D eigenvalue weighted by Crippen LogP contribution is 2.43. The second-order valence-electron chi connectivity index (χ2n) is 11.3. The summed E-state index contributed by atoms with van der Waals surface area (Å²) in [4.78, 5) is 5.01. The normalized spacial score (nSPS) is 16.2. The molecule has 6 heterocycles. The van der Waals surface area contributed by atoms with Crippen molar-refractivity contribution >= 4 is 22.1 Å². The summed E-state index contributed by atoms with van der Waals surface area (Å²) in [5.41, 5.74) is 8.44. The zero-order chi connectivity index (χ0) is 26.9. The number of nitrogens with zero attached hydrogens (tertiary/aromatic N) is 8. The Morgan fingerprint density at radius 1 is 1.05 bits per heavy atom. The molecule has 0 bridgehead atoms. The maximum absolute atomic E-state index is 11.3. The van der Waals surface area contributed by atoms with Crippen LogP contribution in [0.15, 0.2) is 24.5 Å². The van der Waals surface area contributed by atoms with E-state index in [2.05, 4.69) is 51.7 Å². The van der Waals surface area contributed by atoms with Crippen LogP contribution < -0.4 is 0 Å². The lowest BCUT2D eigenvalue weighted by Crippen LogP contribution is -2.27. The Bertz CT molecular complexity index is 1620. The van der Waals surface area contributed by atoms with Crippen molar-refractivity contribution in [3.05, 3.63) is 47.2 Å². The number of hydrogen-bond acceptors (Lipinski definition) is 6. The van der Waals surface area contributed by atoms with Crippen molar-refractivity contribution in [1.29, 1.82) is 0 Å². The first-order valence-electron chi connectivity index (χ1n) is 13.2. The molecule has 5 aromatic rings. The number of pyridine rings is 1. The average Bonchev–Trinajstić information content (AvgIpc) is 3.58. The largest absolute Gasteiger partial charge is 0.384 e. The van der Waals surface area contributed by atoms with E-state index in [0.717, 1.165) is 65.1 Å². The molecule has 0 aliphatic carbocycles. The van der Waals surface area contributed by atoms with Gasteiger partial charge in [0.1, 0.15) is 22.3 Å². The molecule has 0 aromatic carbocycles. The fraction of sp³-hybridized carbons (Fsp3) is 0.500. The van der Waals surface area contributed by atoms with Crippen LogP contribution in [0.3, 0.4) is 0 Å². The molecule has 0 saturated carbocycles. The molecule has 0 amide bonds. The van der Waals surface area contributed by atoms with Gasteiger partial charge >= 0.3 is 0 Å². The van der Waals surface area contributed by atoms with Gasteiger partial charge in [0.2, 0.25) is 0 Å². The van der Waals surface area contributed by atoms with Gasteiger partial charge in [0, 0.05) is 58.0 Å². The SMILES string of the molecule is Cc1nnn(C)c1-c1cnc2c3c(c(C(C)(C)O)nn3C)n(C(c3cc(C)n(C)c3)C3CCOCC3)c2c1. The van der Waals surface area contributed by atoms with E-state index in [0.29, 0.717) is 11.6 Å². The molecule has 5 aromatic heterocycles. The lowest BCUT2D eigenvalue weighted by atomic mass is 9.87. The zero-order valence-corrected chi connectivity index (χ0v) is 23.2. The fourth-order valence-electron chi connectivity index (χ4n) is 6.16. The van der Waals surface area contributed by atoms with E-state index in [1.807, 2.05) is 31.9 Å². The molecular weight excluding hydrogens is 480 g/mol. The van der Waals surface area contributed by atoms with Crippen LogP contribution in [-0.2, 0) is 31.5 Å². The predicted octanol–water partition coefficient (Wildman–Crippen LogP) is 3.92. The molecular formula is C28H36N8O2. The molecule has 1 N–H and O–H groups in total. The summed E-state index contributed by atoms with van der Waals surface area (Å²) in [6.07, 6.45) is 6.04. The highest BCUT2D eigenvalue weighted by atomic mass is 16.5. The van der Waals surface area contributed by atoms with E-state index in [9.17, 15) is 5.11 Å². The second-order valence-corrected chi connectivity index (χ2v) is 11.3. The molecule has 1 aliphatic rings. The Morgan fingerprint density at radius 2 is 1.79 bits per heavy atom. The summed E-state index contributed by atoms with van der Waals surface area (Å²) < 4.78 is 14.0. The number of aliphatic hydroxyl groups is 1. The monoisotopic (exact) mass is 516 g/mol. The fourth-order valence-corrected chi connectivity index (χ4v) is 6.16. The molecule has 38 heavy (non-hydrogen) atoms. The summed E-state index contributed by atoms with van der Waals surface area (Å²) in [6.45, 7) is 9.19. The Labute approximate surface area is 221 Å². The molecule has 1 saturated heterocycles. The van der Waals surface area contributed by atoms with Gasteiger partial charge in [0.25, 0.3) is 0 Å². The summed E-state index contributed by atoms with van der Waals surface area (Å²) in [5, 5.41) is 24.6. The number of hydrogen-bond donors (Lipinski definition) is 1. The molecule has 0 radical (unpaired) electrons. The van der Waals surface area contributed by atoms with Crippen LogP contribution in [0.2, 0.25) is 0 Å². The van der Waals surface area contributed by atoms with Crippen molar-refractivity contribution in [2.75, 3.05) is 13.2 Å². The Morgan fingerprint density at radius 3 is 2.39 bits per heavy atom. The van der Waals surface area contributed by atoms with Crippen molar-refractivity contribution in [2.45, 2.75) is 52.2 Å². The van der Waals surface area contributed by atoms with Gasteiger partial charge in [-0.25, -0.2) is 4.68 Å². The standard InChI is InChI=1S/C28H36N8O2/c1-16-12-20(15-33(16)5)24(18-8-10-38-11-9-18)36-21-13-19(23-17(2)30-32-35(23)7)14-29-22(21)25-26(36)27(28(3,4)37)31-34(25)6/h12-15,18,24,37H,8-11H2,1-7H3. The van der Waals surface area contributed by atoms with Crippen molar-refractivity contribution in [3.63, 3.8) is 0 Å². The molecule has 0 spiro atoms. The molecule has 6 rings (SSSR count). The van der Waals surface area contributed by atoms with Gasteiger partial charge in [-0.1, -0.05) is 5.21 Å². The Kier molecular flexibility index (Phi) is 5.73. The van der Waals surface area contributed by atoms with Crippen LogP contribution in [0.5, 0.6) is 0 Å². The molecule has 1 fully saturated rings. The van der Waals surface area contributed by atoms with E-state index in [4.69, 9.17) is 14.8 Å². The maximum atomic E-state index is 11.3. The molecule has 1 aliphatic heterocycles. The highest BCUT2D eigenvalue weighted by molar-refractivity contribution is 6.06. The number of aromatic nitrogens is 8. The van der Waals surface area contributed by atoms with Gasteiger partial charge in [-0.2, -0.15) is 5.10 Å². The van der Waals surface area contributed by atoms with E-state index in [1.54, 1.807) is 18.5 Å². The summed E-state index contributed by atoms with van der Waals surface area (Å²) >= 11 is 0. The highest BCUT2D eigenvalue weighted by Gasteiger charge is 2.36. The van der Waals surface area contributed by atoms with Gasteiger partial charge in [0.05, 0.1) is 28.5 Å². The van der Waals surface area contributed by atoms with Gasteiger partial charge in [-0.05, 0) is 64.2 Å². The second kappa shape index (κ2) is 8.78. The lowest BCUT2D eigenvalue weighted by Gasteiger charge is -2.32. The minimum absolute atomic E-state index is 0.0203. The summed E-state index contributed by atoms with van der Waals surface area (Å²) in [5.74, 6) is 0.350. The maximum Gasteiger partial charge on any atom is 0.118 e. The van der Waals surface area contributed by atoms with Crippen molar-refractivity contribution in [3.8, 4) is 11.3 Å². The Balaban J connectivity index is 1.74. The van der Waals surface area contributed by atoms with Gasteiger partial charge < -0.3 is 19.0 Å². The minimum atomic E-state index is -1.14. The first-order valence-corrected chi connectivity index (χ1v) is 13.2. The molecule has 10 heteroatoms. The molecule has 10 nitrogen and oxygen atoms in total. The van der Waals surface area contributed by atoms with Gasteiger partial charge in [-0.15, -0.1) is 5.10 Å². The predicted molar refractivity (Wildman–Crippen MR) is 146 cm³/mol. The van der Waals surface area contributed by atoms with E-state index in [1.165, 1.54) is 11.3 Å². The lowest BCUT2D eigenvalue weighted by molar-refractivity contribution is 0.0547. The van der Waals surface area contributed by atoms with Gasteiger partial charge in [-0.3, -0.25) is 9.67 Å². The average molecular weight is 517 g/mol. The van der Waals surface area contributed by atoms with E-state index in [-0.39, 0.29) is 6.04 Å². The third kappa shape index (κ3) is 3.77. The summed E-state index contributed by atoms with van der Waals surface area (Å²) in [7, 11) is 5.93. The zero-order valence-electron chi connectivity index (χ0n) is 23.2. The van der Waals surface area contributed by atoms with Crippen LogP contribution in [0, 0.1) is 19.8 Å². The summed E-state index contributed by atoms with van der Waals surface area (Å²) in [6, 6.07) is 4.50. The first kappa shape index (κ1) is 24.8. The number of rotatable bonds is 5. The van der Waals surface area contributed by atoms with E-state index < -0.39 is 5.60 Å². The molecule has 1 atom stereocenters. The van der Waals surface area contributed by atoms with Crippen LogP contribution in [-0.4, -0.2) is 57.2 Å². The van der Waals surface area contributed by atoms with Gasteiger partial charge in [0.15, 0.2) is 0 Å². The number of aryl methyl sites for hydroxylation is 5. The van der Waals surface area contributed by atoms with Crippen LogP contribution in [0.4, 0.5) is 0 Å². The van der Waals surface area contributed by atoms with Crippen LogP contribution in [0.25, 0.3) is 33.3 Å². The quantitative estimate of drug-likeness (QED) is 0.380. The van der Waals surface area contributed by atoms with Crippen molar-refractivity contribution in [1.82, 2.24) is 38.9 Å². The minimum Gasteiger partial charge on any atom is -0.384 e. The molecule has 200 valence electrons. The van der Waals surface area contributed by atoms with Crippen molar-refractivity contribution in [2.24, 2.45) is 27.1 Å². The third-order valence-corrected chi connectivity index (χ3v) is 8.07. The number of fused-ring (bicyclic) bond motifs is 3. The first-order chi connectivity index (χ1) is 18.1. The van der Waals surface area contributed by atoms with E-state index >= 15 is 0 Å². The van der Waals surface area contributed by atoms with Crippen molar-refractivity contribution < 1.29 is 9.84 Å². The van der Waals surface area contributed by atoms with Crippen LogP contribution >= 0.6 is 0 Å². The Hall–Kier alpha value is -3.50. The van der Waals surface area contributed by atoms with Crippen LogP contribution in [0.1, 0.15) is 55.4 Å². The topological polar surface area (TPSA) is 101 Å². The number of ether oxygens (including phenoxy) is 1.